The van der Waals surface area contributed by atoms with Gasteiger partial charge in [0.1, 0.15) is 11.5 Å². The minimum Gasteiger partial charge on any atom is -0.507 e. The largest absolute Gasteiger partial charge is 0.507 e. The predicted octanol–water partition coefficient (Wildman–Crippen LogP) is 5.54. The van der Waals surface area contributed by atoms with Crippen LogP contribution in [0.3, 0.4) is 0 Å². The van der Waals surface area contributed by atoms with Gasteiger partial charge >= 0.3 is 0 Å². The number of benzene rings is 2. The number of aliphatic hydroxyl groups excluding tert-OH is 1. The van der Waals surface area contributed by atoms with E-state index >= 15 is 0 Å². The molecule has 3 rings (SSSR count). The number of rotatable bonds is 9. The van der Waals surface area contributed by atoms with Crippen LogP contribution in [0, 0.1) is 0 Å². The average Bonchev–Trinajstić information content (AvgIpc) is 3.05. The number of carbonyl (C=O) groups is 2. The highest BCUT2D eigenvalue weighted by atomic mass is 35.5. The lowest BCUT2D eigenvalue weighted by Crippen LogP contribution is -2.38. The maximum Gasteiger partial charge on any atom is 0.295 e. The van der Waals surface area contributed by atoms with Crippen molar-refractivity contribution in [2.45, 2.75) is 39.8 Å². The molecule has 0 radical (unpaired) electrons. The zero-order valence-corrected chi connectivity index (χ0v) is 21.4. The maximum absolute atomic E-state index is 13.2. The van der Waals surface area contributed by atoms with Crippen LogP contribution < -0.4 is 4.74 Å². The monoisotopic (exact) mass is 504 g/mol. The molecule has 1 atom stereocenters. The van der Waals surface area contributed by atoms with Gasteiger partial charge in [0.15, 0.2) is 0 Å². The van der Waals surface area contributed by atoms with E-state index in [9.17, 15) is 14.7 Å². The third kappa shape index (κ3) is 5.57. The first-order valence-electron chi connectivity index (χ1n) is 11.4. The Balaban J connectivity index is 2.13. The predicted molar refractivity (Wildman–Crippen MR) is 135 cm³/mol. The molecule has 1 amide bonds. The smallest absolute Gasteiger partial charge is 0.295 e. The summed E-state index contributed by atoms with van der Waals surface area (Å²) in [5, 5.41) is 11.8. The lowest BCUT2D eigenvalue weighted by molar-refractivity contribution is -0.140. The summed E-state index contributed by atoms with van der Waals surface area (Å²) in [6, 6.07) is 11.1. The summed E-state index contributed by atoms with van der Waals surface area (Å²) in [5.74, 6) is -1.05. The van der Waals surface area contributed by atoms with Gasteiger partial charge in [-0.2, -0.15) is 0 Å². The SMILES string of the molecule is CCN(CC)CCN1C(=O)C(=O)/C(=C(\O)c2ccc(Cl)c(Cl)c2)C1c1cccc(OC(C)C)c1. The van der Waals surface area contributed by atoms with Gasteiger partial charge in [-0.3, -0.25) is 9.59 Å². The van der Waals surface area contributed by atoms with Gasteiger partial charge in [-0.05, 0) is 62.8 Å². The Labute approximate surface area is 210 Å². The standard InChI is InChI=1S/C26H30Cl2N2O4/c1-5-29(6-2)12-13-30-23(17-8-7-9-19(14-17)34-16(3)4)22(25(32)26(30)33)24(31)18-10-11-20(27)21(28)15-18/h7-11,14-16,23,31H,5-6,12-13H2,1-4H3/b24-22-. The second kappa shape index (κ2) is 11.3. The van der Waals surface area contributed by atoms with Crippen LogP contribution in [0.15, 0.2) is 48.0 Å². The number of hydrogen-bond donors (Lipinski definition) is 1. The van der Waals surface area contributed by atoms with Crippen LogP contribution in [0.25, 0.3) is 5.76 Å². The van der Waals surface area contributed by atoms with E-state index < -0.39 is 17.7 Å². The summed E-state index contributed by atoms with van der Waals surface area (Å²) in [7, 11) is 0. The molecule has 1 fully saturated rings. The Morgan fingerprint density at radius 2 is 1.79 bits per heavy atom. The summed E-state index contributed by atoms with van der Waals surface area (Å²) in [6.07, 6.45) is -0.0412. The van der Waals surface area contributed by atoms with Crippen LogP contribution in [0.4, 0.5) is 0 Å². The summed E-state index contributed by atoms with van der Waals surface area (Å²) in [5.41, 5.74) is 1.01. The molecule has 1 unspecified atom stereocenters. The molecule has 2 aromatic rings. The van der Waals surface area contributed by atoms with E-state index in [4.69, 9.17) is 27.9 Å². The van der Waals surface area contributed by atoms with Crippen molar-refractivity contribution in [1.29, 1.82) is 0 Å². The Kier molecular flexibility index (Phi) is 8.63. The number of likely N-dealkylation sites (N-methyl/N-ethyl adjacent to an activating group) is 1. The van der Waals surface area contributed by atoms with Crippen molar-refractivity contribution >= 4 is 40.7 Å². The lowest BCUT2D eigenvalue weighted by Gasteiger charge is -2.28. The maximum atomic E-state index is 13.2. The minimum atomic E-state index is -0.763. The second-order valence-electron chi connectivity index (χ2n) is 8.39. The van der Waals surface area contributed by atoms with Gasteiger partial charge in [0.25, 0.3) is 11.7 Å². The van der Waals surface area contributed by atoms with E-state index in [0.29, 0.717) is 35.0 Å². The number of amides is 1. The Morgan fingerprint density at radius 1 is 1.09 bits per heavy atom. The fourth-order valence-electron chi connectivity index (χ4n) is 4.08. The number of hydrogen-bond acceptors (Lipinski definition) is 5. The van der Waals surface area contributed by atoms with Crippen LogP contribution in [-0.2, 0) is 9.59 Å². The molecule has 34 heavy (non-hydrogen) atoms. The third-order valence-electron chi connectivity index (χ3n) is 5.83. The van der Waals surface area contributed by atoms with Crippen molar-refractivity contribution < 1.29 is 19.4 Å². The van der Waals surface area contributed by atoms with Gasteiger partial charge < -0.3 is 19.6 Å². The molecule has 1 aliphatic rings. The summed E-state index contributed by atoms with van der Waals surface area (Å²) >= 11 is 12.2. The molecular formula is C26H30Cl2N2O4. The van der Waals surface area contributed by atoms with Gasteiger partial charge in [-0.1, -0.05) is 49.2 Å². The van der Waals surface area contributed by atoms with Crippen LogP contribution in [-0.4, -0.2) is 58.9 Å². The van der Waals surface area contributed by atoms with E-state index in [2.05, 4.69) is 4.90 Å². The first-order chi connectivity index (χ1) is 16.2. The van der Waals surface area contributed by atoms with Crippen molar-refractivity contribution in [3.05, 3.63) is 69.2 Å². The van der Waals surface area contributed by atoms with Crippen molar-refractivity contribution in [3.63, 3.8) is 0 Å². The lowest BCUT2D eigenvalue weighted by atomic mass is 9.95. The fraction of sp³-hybridized carbons (Fsp3) is 0.385. The fourth-order valence-corrected chi connectivity index (χ4v) is 4.37. The van der Waals surface area contributed by atoms with E-state index in [1.165, 1.54) is 11.0 Å². The first kappa shape index (κ1) is 26.1. The number of ketones is 1. The van der Waals surface area contributed by atoms with E-state index in [1.807, 2.05) is 52.0 Å². The average molecular weight is 505 g/mol. The molecule has 2 aromatic carbocycles. The number of carbonyl (C=O) groups excluding carboxylic acids is 2. The van der Waals surface area contributed by atoms with E-state index in [-0.39, 0.29) is 22.5 Å². The number of halogens is 2. The van der Waals surface area contributed by atoms with Crippen molar-refractivity contribution in [2.75, 3.05) is 26.2 Å². The Morgan fingerprint density at radius 3 is 2.41 bits per heavy atom. The van der Waals surface area contributed by atoms with Gasteiger partial charge in [-0.15, -0.1) is 0 Å². The highest BCUT2D eigenvalue weighted by Crippen LogP contribution is 2.40. The van der Waals surface area contributed by atoms with Crippen LogP contribution in [0.5, 0.6) is 5.75 Å². The number of ether oxygens (including phenoxy) is 1. The summed E-state index contributed by atoms with van der Waals surface area (Å²) in [6.45, 7) is 10.5. The summed E-state index contributed by atoms with van der Waals surface area (Å²) < 4.78 is 5.84. The quantitative estimate of drug-likeness (QED) is 0.275. The first-order valence-corrected chi connectivity index (χ1v) is 12.2. The summed E-state index contributed by atoms with van der Waals surface area (Å²) in [4.78, 5) is 30.0. The highest BCUT2D eigenvalue weighted by molar-refractivity contribution is 6.46. The zero-order valence-electron chi connectivity index (χ0n) is 19.8. The molecule has 0 aromatic heterocycles. The molecule has 182 valence electrons. The molecule has 0 spiro atoms. The molecule has 1 heterocycles. The van der Waals surface area contributed by atoms with Crippen molar-refractivity contribution in [2.24, 2.45) is 0 Å². The molecule has 6 nitrogen and oxygen atoms in total. The molecule has 1 saturated heterocycles. The number of Topliss-reactive ketones (excluding diaryl/α,β-unsaturated/α-hetero) is 1. The molecule has 0 aliphatic carbocycles. The van der Waals surface area contributed by atoms with Gasteiger partial charge in [-0.25, -0.2) is 0 Å². The Hall–Kier alpha value is -2.54. The van der Waals surface area contributed by atoms with Gasteiger partial charge in [0.05, 0.1) is 27.8 Å². The third-order valence-corrected chi connectivity index (χ3v) is 6.57. The molecule has 0 bridgehead atoms. The number of nitrogens with zero attached hydrogens (tertiary/aromatic N) is 2. The normalized spacial score (nSPS) is 17.8. The van der Waals surface area contributed by atoms with E-state index in [0.717, 1.165) is 13.1 Å². The highest BCUT2D eigenvalue weighted by Gasteiger charge is 2.46. The van der Waals surface area contributed by atoms with Crippen LogP contribution in [0.1, 0.15) is 44.9 Å². The van der Waals surface area contributed by atoms with Crippen molar-refractivity contribution in [3.8, 4) is 5.75 Å². The van der Waals surface area contributed by atoms with Crippen LogP contribution >= 0.6 is 23.2 Å². The molecule has 0 saturated carbocycles. The van der Waals surface area contributed by atoms with Gasteiger partial charge in [0.2, 0.25) is 0 Å². The van der Waals surface area contributed by atoms with Crippen LogP contribution in [0.2, 0.25) is 10.0 Å². The topological polar surface area (TPSA) is 70.1 Å². The Bertz CT molecular complexity index is 1100. The minimum absolute atomic E-state index is 0.0182. The van der Waals surface area contributed by atoms with E-state index in [1.54, 1.807) is 12.1 Å². The second-order valence-corrected chi connectivity index (χ2v) is 9.20. The number of likely N-dealkylation sites (tertiary alicyclic amines) is 1. The number of aliphatic hydroxyl groups is 1. The zero-order chi connectivity index (χ0) is 25.0. The molecule has 1 N–H and O–H groups in total. The van der Waals surface area contributed by atoms with Gasteiger partial charge in [0, 0.05) is 18.7 Å². The molecule has 1 aliphatic heterocycles. The molecular weight excluding hydrogens is 475 g/mol. The molecule has 8 heteroatoms. The van der Waals surface area contributed by atoms with Crippen molar-refractivity contribution in [1.82, 2.24) is 9.80 Å².